The van der Waals surface area contributed by atoms with Crippen molar-refractivity contribution in [1.29, 1.82) is 0 Å². The number of phenolic OH excluding ortho intramolecular Hbond substituents is 1. The number of carbonyl (C=O) groups excluding carboxylic acids is 2. The zero-order valence-corrected chi connectivity index (χ0v) is 11.7. The number of hydrogen-bond donors (Lipinski definition) is 1. The fourth-order valence-electron chi connectivity index (χ4n) is 2.49. The highest BCUT2D eigenvalue weighted by molar-refractivity contribution is 6.21. The topological polar surface area (TPSA) is 57.6 Å². The van der Waals surface area contributed by atoms with Gasteiger partial charge in [-0.05, 0) is 41.8 Å². The van der Waals surface area contributed by atoms with E-state index in [-0.39, 0.29) is 24.1 Å². The molecule has 106 valence electrons. The van der Waals surface area contributed by atoms with Gasteiger partial charge in [0.05, 0.1) is 17.7 Å². The summed E-state index contributed by atoms with van der Waals surface area (Å²) in [5.41, 5.74) is 2.80. The van der Waals surface area contributed by atoms with Crippen LogP contribution in [0, 0.1) is 0 Å². The summed E-state index contributed by atoms with van der Waals surface area (Å²) in [4.78, 5) is 26.0. The number of benzene rings is 2. The van der Waals surface area contributed by atoms with E-state index in [0.29, 0.717) is 11.1 Å². The standard InChI is InChI=1S/C17H15NO3/c1-2-11-5-8-14-15(9-11)17(21)18(16(14)20)10-12-3-6-13(19)7-4-12/h3-9,19H,2,10H2,1H3. The van der Waals surface area contributed by atoms with E-state index in [1.807, 2.05) is 13.0 Å². The monoisotopic (exact) mass is 281 g/mol. The predicted octanol–water partition coefficient (Wildman–Crippen LogP) is 2.75. The lowest BCUT2D eigenvalue weighted by Gasteiger charge is -2.13. The van der Waals surface area contributed by atoms with Crippen LogP contribution in [-0.4, -0.2) is 21.8 Å². The average molecular weight is 281 g/mol. The molecular formula is C17H15NO3. The van der Waals surface area contributed by atoms with Gasteiger partial charge >= 0.3 is 0 Å². The van der Waals surface area contributed by atoms with Crippen LogP contribution in [-0.2, 0) is 13.0 Å². The molecule has 21 heavy (non-hydrogen) atoms. The Labute approximate surface area is 122 Å². The molecule has 0 radical (unpaired) electrons. The van der Waals surface area contributed by atoms with Crippen LogP contribution in [0.25, 0.3) is 0 Å². The highest BCUT2D eigenvalue weighted by atomic mass is 16.3. The van der Waals surface area contributed by atoms with Crippen LogP contribution in [0.15, 0.2) is 42.5 Å². The molecule has 0 bridgehead atoms. The minimum atomic E-state index is -0.259. The van der Waals surface area contributed by atoms with E-state index in [4.69, 9.17) is 0 Å². The molecule has 0 fully saturated rings. The summed E-state index contributed by atoms with van der Waals surface area (Å²) < 4.78 is 0. The van der Waals surface area contributed by atoms with Gasteiger partial charge in [-0.15, -0.1) is 0 Å². The van der Waals surface area contributed by atoms with Gasteiger partial charge in [-0.1, -0.05) is 25.1 Å². The lowest BCUT2D eigenvalue weighted by molar-refractivity contribution is 0.0642. The first-order valence-electron chi connectivity index (χ1n) is 6.87. The van der Waals surface area contributed by atoms with Crippen molar-refractivity contribution in [2.75, 3.05) is 0 Å². The third kappa shape index (κ3) is 2.29. The number of fused-ring (bicyclic) bond motifs is 1. The highest BCUT2D eigenvalue weighted by Crippen LogP contribution is 2.26. The Bertz CT molecular complexity index is 719. The van der Waals surface area contributed by atoms with Crippen LogP contribution >= 0.6 is 0 Å². The molecular weight excluding hydrogens is 266 g/mol. The van der Waals surface area contributed by atoms with Crippen LogP contribution in [0.3, 0.4) is 0 Å². The van der Waals surface area contributed by atoms with Gasteiger partial charge in [0, 0.05) is 0 Å². The Morgan fingerprint density at radius 1 is 0.905 bits per heavy atom. The summed E-state index contributed by atoms with van der Waals surface area (Å²) in [6.45, 7) is 2.23. The molecule has 0 unspecified atom stereocenters. The first kappa shape index (κ1) is 13.4. The maximum Gasteiger partial charge on any atom is 0.261 e. The fourth-order valence-corrected chi connectivity index (χ4v) is 2.49. The van der Waals surface area contributed by atoms with Gasteiger partial charge in [0.25, 0.3) is 11.8 Å². The van der Waals surface area contributed by atoms with Crippen molar-refractivity contribution in [3.05, 3.63) is 64.7 Å². The van der Waals surface area contributed by atoms with E-state index in [1.54, 1.807) is 36.4 Å². The largest absolute Gasteiger partial charge is 0.508 e. The highest BCUT2D eigenvalue weighted by Gasteiger charge is 2.35. The Morgan fingerprint density at radius 2 is 1.52 bits per heavy atom. The van der Waals surface area contributed by atoms with Crippen LogP contribution in [0.2, 0.25) is 0 Å². The van der Waals surface area contributed by atoms with Gasteiger partial charge in [-0.2, -0.15) is 0 Å². The molecule has 1 aliphatic heterocycles. The van der Waals surface area contributed by atoms with Crippen LogP contribution in [0.5, 0.6) is 5.75 Å². The molecule has 0 saturated carbocycles. The zero-order chi connectivity index (χ0) is 15.0. The van der Waals surface area contributed by atoms with E-state index in [1.165, 1.54) is 4.90 Å². The second kappa shape index (κ2) is 5.05. The zero-order valence-electron chi connectivity index (χ0n) is 11.7. The summed E-state index contributed by atoms with van der Waals surface area (Å²) in [7, 11) is 0. The summed E-state index contributed by atoms with van der Waals surface area (Å²) in [6.07, 6.45) is 0.826. The van der Waals surface area contributed by atoms with Crippen molar-refractivity contribution < 1.29 is 14.7 Å². The lowest BCUT2D eigenvalue weighted by atomic mass is 10.0. The van der Waals surface area contributed by atoms with Gasteiger partial charge in [-0.25, -0.2) is 0 Å². The molecule has 1 aliphatic rings. The van der Waals surface area contributed by atoms with Crippen molar-refractivity contribution >= 4 is 11.8 Å². The number of aryl methyl sites for hydroxylation is 1. The average Bonchev–Trinajstić information content (AvgIpc) is 2.74. The van der Waals surface area contributed by atoms with Crippen molar-refractivity contribution in [2.24, 2.45) is 0 Å². The van der Waals surface area contributed by atoms with Crippen LogP contribution in [0.1, 0.15) is 38.8 Å². The normalized spacial score (nSPS) is 13.7. The molecule has 2 aromatic carbocycles. The molecule has 1 heterocycles. The SMILES string of the molecule is CCc1ccc2c(c1)C(=O)N(Cc1ccc(O)cc1)C2=O. The van der Waals surface area contributed by atoms with Crippen molar-refractivity contribution in [2.45, 2.75) is 19.9 Å². The quantitative estimate of drug-likeness (QED) is 0.880. The second-order valence-electron chi connectivity index (χ2n) is 5.10. The van der Waals surface area contributed by atoms with Gasteiger partial charge in [0.2, 0.25) is 0 Å². The molecule has 2 amide bonds. The summed E-state index contributed by atoms with van der Waals surface area (Å²) in [5.74, 6) is -0.349. The molecule has 0 aromatic heterocycles. The van der Waals surface area contributed by atoms with E-state index in [0.717, 1.165) is 17.5 Å². The van der Waals surface area contributed by atoms with Gasteiger partial charge < -0.3 is 5.11 Å². The summed E-state index contributed by atoms with van der Waals surface area (Å²) >= 11 is 0. The molecule has 0 spiro atoms. The minimum absolute atomic E-state index is 0.161. The Morgan fingerprint density at radius 3 is 2.19 bits per heavy atom. The fraction of sp³-hybridized carbons (Fsp3) is 0.176. The number of phenols is 1. The maximum absolute atomic E-state index is 12.4. The van der Waals surface area contributed by atoms with Crippen LogP contribution in [0.4, 0.5) is 0 Å². The second-order valence-corrected chi connectivity index (χ2v) is 5.10. The number of carbonyl (C=O) groups is 2. The van der Waals surface area contributed by atoms with Crippen molar-refractivity contribution in [1.82, 2.24) is 4.90 Å². The van der Waals surface area contributed by atoms with E-state index >= 15 is 0 Å². The Kier molecular flexibility index (Phi) is 3.22. The van der Waals surface area contributed by atoms with Crippen LogP contribution < -0.4 is 0 Å². The molecule has 2 aromatic rings. The number of imide groups is 1. The molecule has 0 aliphatic carbocycles. The number of rotatable bonds is 3. The first-order valence-corrected chi connectivity index (χ1v) is 6.87. The smallest absolute Gasteiger partial charge is 0.261 e. The van der Waals surface area contributed by atoms with Gasteiger partial charge in [-0.3, -0.25) is 14.5 Å². The van der Waals surface area contributed by atoms with Crippen molar-refractivity contribution in [3.63, 3.8) is 0 Å². The third-order valence-corrected chi connectivity index (χ3v) is 3.72. The van der Waals surface area contributed by atoms with E-state index < -0.39 is 0 Å². The number of aromatic hydroxyl groups is 1. The number of hydrogen-bond acceptors (Lipinski definition) is 3. The molecule has 1 N–H and O–H groups in total. The number of nitrogens with zero attached hydrogens (tertiary/aromatic N) is 1. The van der Waals surface area contributed by atoms with Gasteiger partial charge in [0.1, 0.15) is 5.75 Å². The molecule has 4 heteroatoms. The first-order chi connectivity index (χ1) is 10.1. The Hall–Kier alpha value is -2.62. The van der Waals surface area contributed by atoms with E-state index in [2.05, 4.69) is 0 Å². The third-order valence-electron chi connectivity index (χ3n) is 3.72. The number of amides is 2. The minimum Gasteiger partial charge on any atom is -0.508 e. The Balaban J connectivity index is 1.90. The van der Waals surface area contributed by atoms with E-state index in [9.17, 15) is 14.7 Å². The maximum atomic E-state index is 12.4. The summed E-state index contributed by atoms with van der Waals surface area (Å²) in [5, 5.41) is 9.27. The van der Waals surface area contributed by atoms with Gasteiger partial charge in [0.15, 0.2) is 0 Å². The lowest BCUT2D eigenvalue weighted by Crippen LogP contribution is -2.29. The molecule has 4 nitrogen and oxygen atoms in total. The molecule has 0 atom stereocenters. The summed E-state index contributed by atoms with van der Waals surface area (Å²) in [6, 6.07) is 11.9. The predicted molar refractivity (Wildman–Crippen MR) is 78.1 cm³/mol. The molecule has 0 saturated heterocycles. The molecule has 3 rings (SSSR count). The van der Waals surface area contributed by atoms with Crippen molar-refractivity contribution in [3.8, 4) is 5.75 Å².